The number of ether oxygens (including phenoxy) is 1. The van der Waals surface area contributed by atoms with E-state index in [0.717, 1.165) is 17.1 Å². The molecular formula is C20H19Cl2NO3. The van der Waals surface area contributed by atoms with Gasteiger partial charge in [-0.2, -0.15) is 0 Å². The number of Topliss-reactive ketones (excluding diaryl/α,β-unsaturated/α-hetero) is 1. The molecule has 26 heavy (non-hydrogen) atoms. The first kappa shape index (κ1) is 20.0. The Kier molecular flexibility index (Phi) is 6.83. The van der Waals surface area contributed by atoms with Crippen LogP contribution in [-0.4, -0.2) is 22.9 Å². The summed E-state index contributed by atoms with van der Waals surface area (Å²) in [5, 5.41) is 0.901. The van der Waals surface area contributed by atoms with Crippen molar-refractivity contribution in [1.29, 1.82) is 0 Å². The Balaban J connectivity index is 2.19. The minimum Gasteiger partial charge on any atom is -0.454 e. The lowest BCUT2D eigenvalue weighted by Crippen LogP contribution is -2.13. The normalized spacial score (nSPS) is 11.4. The van der Waals surface area contributed by atoms with E-state index in [-0.39, 0.29) is 12.4 Å². The Bertz CT molecular complexity index is 895. The zero-order chi connectivity index (χ0) is 19.3. The van der Waals surface area contributed by atoms with Gasteiger partial charge >= 0.3 is 5.97 Å². The summed E-state index contributed by atoms with van der Waals surface area (Å²) in [6.07, 6.45) is 6.32. The number of hydrogen-bond donors (Lipinski definition) is 0. The topological polar surface area (TPSA) is 48.3 Å². The van der Waals surface area contributed by atoms with Crippen molar-refractivity contribution in [3.63, 3.8) is 0 Å². The van der Waals surface area contributed by atoms with Crippen LogP contribution in [0.5, 0.6) is 0 Å². The molecule has 0 saturated heterocycles. The number of carbonyl (C=O) groups is 2. The lowest BCUT2D eigenvalue weighted by molar-refractivity contribution is -0.136. The predicted octanol–water partition coefficient (Wildman–Crippen LogP) is 5.26. The van der Waals surface area contributed by atoms with Gasteiger partial charge < -0.3 is 9.30 Å². The Morgan fingerprint density at radius 2 is 1.85 bits per heavy atom. The third-order valence-corrected chi connectivity index (χ3v) is 4.51. The van der Waals surface area contributed by atoms with E-state index in [2.05, 4.69) is 0 Å². The average molecular weight is 392 g/mol. The monoisotopic (exact) mass is 391 g/mol. The average Bonchev–Trinajstić information content (AvgIpc) is 2.90. The van der Waals surface area contributed by atoms with Crippen LogP contribution >= 0.6 is 23.2 Å². The van der Waals surface area contributed by atoms with E-state index in [9.17, 15) is 9.59 Å². The highest BCUT2D eigenvalue weighted by Gasteiger charge is 2.18. The molecule has 0 aliphatic rings. The van der Waals surface area contributed by atoms with E-state index in [1.165, 1.54) is 6.08 Å². The van der Waals surface area contributed by atoms with Gasteiger partial charge in [-0.25, -0.2) is 4.79 Å². The van der Waals surface area contributed by atoms with Crippen LogP contribution in [0.1, 0.15) is 28.7 Å². The molecule has 0 aliphatic heterocycles. The summed E-state index contributed by atoms with van der Waals surface area (Å²) in [5.74, 6) is -0.827. The highest BCUT2D eigenvalue weighted by molar-refractivity contribution is 6.42. The molecule has 0 N–H and O–H groups in total. The van der Waals surface area contributed by atoms with Gasteiger partial charge in [-0.3, -0.25) is 4.79 Å². The fourth-order valence-electron chi connectivity index (χ4n) is 2.57. The number of nitrogens with zero attached hydrogens (tertiary/aromatic N) is 1. The molecule has 0 atom stereocenters. The first-order valence-electron chi connectivity index (χ1n) is 7.98. The molecule has 0 radical (unpaired) electrons. The standard InChI is InChI=1S/C20H19Cl2NO3/c1-4-5-6-7-20(25)26-12-19(24)16-10-13(2)23(14(16)3)15-8-9-17(21)18(22)11-15/h4-11H,12H2,1-3H3. The molecule has 136 valence electrons. The number of benzene rings is 1. The number of allylic oxidation sites excluding steroid dienone is 3. The third kappa shape index (κ3) is 4.65. The van der Waals surface area contributed by atoms with Crippen molar-refractivity contribution in [3.8, 4) is 5.69 Å². The smallest absolute Gasteiger partial charge is 0.331 e. The van der Waals surface area contributed by atoms with E-state index >= 15 is 0 Å². The Hall–Kier alpha value is -2.30. The fourth-order valence-corrected chi connectivity index (χ4v) is 2.87. The lowest BCUT2D eigenvalue weighted by Gasteiger charge is -2.11. The van der Waals surface area contributed by atoms with Gasteiger partial charge in [0, 0.05) is 28.7 Å². The van der Waals surface area contributed by atoms with Crippen LogP contribution in [0.3, 0.4) is 0 Å². The zero-order valence-electron chi connectivity index (χ0n) is 14.8. The molecule has 0 spiro atoms. The van der Waals surface area contributed by atoms with E-state index in [4.69, 9.17) is 27.9 Å². The van der Waals surface area contributed by atoms with Crippen LogP contribution in [0.25, 0.3) is 5.69 Å². The second kappa shape index (κ2) is 8.88. The maximum absolute atomic E-state index is 12.4. The van der Waals surface area contributed by atoms with Gasteiger partial charge in [0.05, 0.1) is 10.0 Å². The highest BCUT2D eigenvalue weighted by Crippen LogP contribution is 2.27. The number of halogens is 2. The van der Waals surface area contributed by atoms with Gasteiger partial charge in [0.2, 0.25) is 5.78 Å². The minimum atomic E-state index is -0.560. The molecule has 2 rings (SSSR count). The van der Waals surface area contributed by atoms with Crippen molar-refractivity contribution in [2.45, 2.75) is 20.8 Å². The van der Waals surface area contributed by atoms with Gasteiger partial charge in [0.15, 0.2) is 6.61 Å². The number of aromatic nitrogens is 1. The minimum absolute atomic E-state index is 0.266. The van der Waals surface area contributed by atoms with E-state index in [1.807, 2.05) is 31.4 Å². The Morgan fingerprint density at radius 3 is 2.50 bits per heavy atom. The summed E-state index contributed by atoms with van der Waals surface area (Å²) in [4.78, 5) is 24.0. The first-order chi connectivity index (χ1) is 12.3. The predicted molar refractivity (Wildman–Crippen MR) is 105 cm³/mol. The van der Waals surface area contributed by atoms with Crippen LogP contribution in [0.4, 0.5) is 0 Å². The molecule has 1 heterocycles. The molecule has 1 aromatic heterocycles. The van der Waals surface area contributed by atoms with E-state index in [1.54, 1.807) is 36.4 Å². The fraction of sp³-hybridized carbons (Fsp3) is 0.200. The highest BCUT2D eigenvalue weighted by atomic mass is 35.5. The summed E-state index contributed by atoms with van der Waals surface area (Å²) in [5.41, 5.74) is 2.91. The molecule has 6 heteroatoms. The number of hydrogen-bond acceptors (Lipinski definition) is 3. The maximum Gasteiger partial charge on any atom is 0.331 e. The van der Waals surface area contributed by atoms with Crippen LogP contribution in [0.15, 0.2) is 48.6 Å². The molecule has 0 bridgehead atoms. The lowest BCUT2D eigenvalue weighted by atomic mass is 10.1. The SMILES string of the molecule is CC=CC=CC(=O)OCC(=O)c1cc(C)n(-c2ccc(Cl)c(Cl)c2)c1C. The number of carbonyl (C=O) groups excluding carboxylic acids is 2. The Morgan fingerprint density at radius 1 is 1.12 bits per heavy atom. The summed E-state index contributed by atoms with van der Waals surface area (Å²) in [6, 6.07) is 7.04. The zero-order valence-corrected chi connectivity index (χ0v) is 16.3. The molecule has 0 amide bonds. The quantitative estimate of drug-likeness (QED) is 0.292. The molecule has 0 unspecified atom stereocenters. The second-order valence-electron chi connectivity index (χ2n) is 5.63. The largest absolute Gasteiger partial charge is 0.454 e. The maximum atomic E-state index is 12.4. The number of ketones is 1. The van der Waals surface area contributed by atoms with Gasteiger partial charge in [-0.05, 0) is 45.0 Å². The summed E-state index contributed by atoms with van der Waals surface area (Å²) < 4.78 is 6.90. The molecule has 4 nitrogen and oxygen atoms in total. The third-order valence-electron chi connectivity index (χ3n) is 3.77. The molecule has 1 aromatic carbocycles. The first-order valence-corrected chi connectivity index (χ1v) is 8.74. The van der Waals surface area contributed by atoms with Crippen molar-refractivity contribution in [2.24, 2.45) is 0 Å². The Labute approximate surface area is 162 Å². The number of aryl methyl sites for hydroxylation is 1. The number of rotatable bonds is 6. The van der Waals surface area contributed by atoms with Crippen molar-refractivity contribution in [1.82, 2.24) is 4.57 Å². The number of esters is 1. The van der Waals surface area contributed by atoms with Crippen LogP contribution in [0, 0.1) is 13.8 Å². The summed E-state index contributed by atoms with van der Waals surface area (Å²) in [7, 11) is 0. The summed E-state index contributed by atoms with van der Waals surface area (Å²) >= 11 is 12.1. The van der Waals surface area contributed by atoms with Gasteiger partial charge in [0.1, 0.15) is 0 Å². The van der Waals surface area contributed by atoms with Crippen molar-refractivity contribution in [2.75, 3.05) is 6.61 Å². The molecule has 2 aromatic rings. The van der Waals surface area contributed by atoms with Crippen LogP contribution in [0.2, 0.25) is 10.0 Å². The molecule has 0 fully saturated rings. The van der Waals surface area contributed by atoms with Gasteiger partial charge in [0.25, 0.3) is 0 Å². The van der Waals surface area contributed by atoms with Crippen LogP contribution in [-0.2, 0) is 9.53 Å². The van der Waals surface area contributed by atoms with Crippen LogP contribution < -0.4 is 0 Å². The molecule has 0 saturated carbocycles. The summed E-state index contributed by atoms with van der Waals surface area (Å²) in [6.45, 7) is 5.24. The second-order valence-corrected chi connectivity index (χ2v) is 6.45. The molecule has 0 aliphatic carbocycles. The van der Waals surface area contributed by atoms with E-state index < -0.39 is 5.97 Å². The van der Waals surface area contributed by atoms with Gasteiger partial charge in [-0.1, -0.05) is 41.4 Å². The van der Waals surface area contributed by atoms with Gasteiger partial charge in [-0.15, -0.1) is 0 Å². The van der Waals surface area contributed by atoms with E-state index in [0.29, 0.717) is 15.6 Å². The van der Waals surface area contributed by atoms with Crippen molar-refractivity contribution < 1.29 is 14.3 Å². The van der Waals surface area contributed by atoms with Crippen molar-refractivity contribution in [3.05, 3.63) is 75.6 Å². The molecular weight excluding hydrogens is 373 g/mol. The van der Waals surface area contributed by atoms with Crippen molar-refractivity contribution >= 4 is 35.0 Å².